The van der Waals surface area contributed by atoms with E-state index in [2.05, 4.69) is 17.2 Å². The van der Waals surface area contributed by atoms with E-state index in [0.717, 1.165) is 0 Å². The summed E-state index contributed by atoms with van der Waals surface area (Å²) in [7, 11) is -4.15. The highest BCUT2D eigenvalue weighted by molar-refractivity contribution is 7.90. The number of anilines is 1. The summed E-state index contributed by atoms with van der Waals surface area (Å²) in [6.07, 6.45) is 1.08. The van der Waals surface area contributed by atoms with E-state index in [1.165, 1.54) is 30.3 Å². The van der Waals surface area contributed by atoms with Crippen molar-refractivity contribution < 1.29 is 27.1 Å². The van der Waals surface area contributed by atoms with E-state index in [1.54, 1.807) is 40.6 Å². The number of amides is 2. The van der Waals surface area contributed by atoms with E-state index in [1.807, 2.05) is 6.92 Å². The summed E-state index contributed by atoms with van der Waals surface area (Å²) in [4.78, 5) is 24.1. The van der Waals surface area contributed by atoms with Crippen molar-refractivity contribution in [2.24, 2.45) is 0 Å². The first-order valence-corrected chi connectivity index (χ1v) is 11.5. The predicted molar refractivity (Wildman–Crippen MR) is 121 cm³/mol. The van der Waals surface area contributed by atoms with Gasteiger partial charge in [-0.05, 0) is 49.4 Å². The zero-order valence-electron chi connectivity index (χ0n) is 18.0. The topological polar surface area (TPSA) is 106 Å². The van der Waals surface area contributed by atoms with Gasteiger partial charge in [0.25, 0.3) is 10.0 Å². The first-order chi connectivity index (χ1) is 15.7. The lowest BCUT2D eigenvalue weighted by Gasteiger charge is -2.16. The van der Waals surface area contributed by atoms with Gasteiger partial charge in [0.1, 0.15) is 11.9 Å². The largest absolute Gasteiger partial charge is 0.436 e. The molecule has 2 aromatic carbocycles. The van der Waals surface area contributed by atoms with Gasteiger partial charge in [0, 0.05) is 23.7 Å². The third-order valence-electron chi connectivity index (χ3n) is 4.73. The molecular formula is C23H22FN3O5S. The molecule has 10 heteroatoms. The maximum Gasteiger partial charge on any atom is 0.422 e. The van der Waals surface area contributed by atoms with E-state index in [4.69, 9.17) is 4.74 Å². The van der Waals surface area contributed by atoms with Crippen LogP contribution in [-0.2, 0) is 19.6 Å². The molecule has 2 amide bonds. The average molecular weight is 472 g/mol. The molecule has 8 nitrogen and oxygen atoms in total. The average Bonchev–Trinajstić information content (AvgIpc) is 3.22. The lowest BCUT2D eigenvalue weighted by Crippen LogP contribution is -2.31. The van der Waals surface area contributed by atoms with Crippen molar-refractivity contribution in [3.05, 3.63) is 60.5 Å². The monoisotopic (exact) mass is 471 g/mol. The number of benzene rings is 2. The Kier molecular flexibility index (Phi) is 7.35. The number of sulfonamides is 1. The van der Waals surface area contributed by atoms with E-state index >= 15 is 0 Å². The second kappa shape index (κ2) is 10.2. The summed E-state index contributed by atoms with van der Waals surface area (Å²) in [6, 6.07) is 10.9. The molecule has 0 radical (unpaired) electrons. The van der Waals surface area contributed by atoms with Gasteiger partial charge in [0.2, 0.25) is 5.91 Å². The Hall–Kier alpha value is -3.84. The number of carbonyl (C=O) groups is 2. The van der Waals surface area contributed by atoms with Crippen LogP contribution in [0.5, 0.6) is 0 Å². The SMILES string of the molecule is CCC#CCOC(=O)NS(=O)(=O)c1ccc(NC(=O)[C@@H](C)n2ccc3c(F)cccc32)cc1. The maximum absolute atomic E-state index is 13.9. The smallest absolute Gasteiger partial charge is 0.422 e. The Balaban J connectivity index is 1.65. The van der Waals surface area contributed by atoms with Crippen LogP contribution < -0.4 is 10.0 Å². The summed E-state index contributed by atoms with van der Waals surface area (Å²) in [5.41, 5.74) is 0.934. The number of hydrogen-bond donors (Lipinski definition) is 2. The number of nitrogens with zero attached hydrogens (tertiary/aromatic N) is 1. The summed E-state index contributed by atoms with van der Waals surface area (Å²) >= 11 is 0. The second-order valence-corrected chi connectivity index (χ2v) is 8.66. The molecule has 0 spiro atoms. The van der Waals surface area contributed by atoms with Crippen LogP contribution in [-0.4, -0.2) is 31.6 Å². The maximum atomic E-state index is 13.9. The standard InChI is InChI=1S/C23H22FN3O5S/c1-3-4-5-15-32-23(29)26-33(30,31)18-11-9-17(10-12-18)25-22(28)16(2)27-14-13-19-20(24)7-6-8-21(19)27/h6-14,16H,3,15H2,1-2H3,(H,25,28)(H,26,29)/t16-/m1/s1. The summed E-state index contributed by atoms with van der Waals surface area (Å²) in [6.45, 7) is 3.27. The molecule has 0 aliphatic heterocycles. The van der Waals surface area contributed by atoms with Crippen LogP contribution in [0.25, 0.3) is 10.9 Å². The summed E-state index contributed by atoms with van der Waals surface area (Å²) in [5, 5.41) is 3.11. The third-order valence-corrected chi connectivity index (χ3v) is 6.06. The van der Waals surface area contributed by atoms with Crippen molar-refractivity contribution in [2.45, 2.75) is 31.2 Å². The number of aromatic nitrogens is 1. The van der Waals surface area contributed by atoms with Gasteiger partial charge in [-0.15, -0.1) is 5.92 Å². The molecule has 0 unspecified atom stereocenters. The van der Waals surface area contributed by atoms with Gasteiger partial charge in [-0.3, -0.25) is 4.79 Å². The van der Waals surface area contributed by atoms with E-state index < -0.39 is 22.2 Å². The van der Waals surface area contributed by atoms with Gasteiger partial charge in [-0.25, -0.2) is 22.3 Å². The molecule has 33 heavy (non-hydrogen) atoms. The number of nitrogens with one attached hydrogen (secondary N) is 2. The van der Waals surface area contributed by atoms with Crippen LogP contribution in [0.15, 0.2) is 59.6 Å². The Labute approximate surface area is 190 Å². The first-order valence-electron chi connectivity index (χ1n) is 10.0. The van der Waals surface area contributed by atoms with Crippen molar-refractivity contribution in [3.63, 3.8) is 0 Å². The molecule has 0 bridgehead atoms. The van der Waals surface area contributed by atoms with Crippen molar-refractivity contribution in [1.82, 2.24) is 9.29 Å². The highest BCUT2D eigenvalue weighted by atomic mass is 32.2. The van der Waals surface area contributed by atoms with Crippen LogP contribution in [0.3, 0.4) is 0 Å². The summed E-state index contributed by atoms with van der Waals surface area (Å²) in [5.74, 6) is 4.50. The zero-order valence-corrected chi connectivity index (χ0v) is 18.8. The predicted octanol–water partition coefficient (Wildman–Crippen LogP) is 3.81. The van der Waals surface area contributed by atoms with Crippen molar-refractivity contribution in [3.8, 4) is 11.8 Å². The van der Waals surface area contributed by atoms with Crippen molar-refractivity contribution in [1.29, 1.82) is 0 Å². The van der Waals surface area contributed by atoms with Crippen LogP contribution in [0.1, 0.15) is 26.3 Å². The Morgan fingerprint density at radius 3 is 2.55 bits per heavy atom. The Morgan fingerprint density at radius 1 is 1.12 bits per heavy atom. The van der Waals surface area contributed by atoms with Gasteiger partial charge in [0.15, 0.2) is 6.61 Å². The molecule has 3 rings (SSSR count). The van der Waals surface area contributed by atoms with E-state index in [0.29, 0.717) is 23.0 Å². The van der Waals surface area contributed by atoms with Crippen molar-refractivity contribution >= 4 is 38.6 Å². The minimum Gasteiger partial charge on any atom is -0.436 e. The number of rotatable bonds is 6. The molecule has 0 saturated carbocycles. The molecular weight excluding hydrogens is 449 g/mol. The third kappa shape index (κ3) is 5.70. The van der Waals surface area contributed by atoms with Crippen LogP contribution in [0, 0.1) is 17.7 Å². The fourth-order valence-electron chi connectivity index (χ4n) is 3.05. The fraction of sp³-hybridized carbons (Fsp3) is 0.217. The molecule has 172 valence electrons. The molecule has 0 aliphatic carbocycles. The normalized spacial score (nSPS) is 11.8. The van der Waals surface area contributed by atoms with E-state index in [-0.39, 0.29) is 23.2 Å². The van der Waals surface area contributed by atoms with Gasteiger partial charge >= 0.3 is 6.09 Å². The summed E-state index contributed by atoms with van der Waals surface area (Å²) < 4.78 is 46.7. The van der Waals surface area contributed by atoms with E-state index in [9.17, 15) is 22.4 Å². The molecule has 1 aromatic heterocycles. The minimum atomic E-state index is -4.15. The van der Waals surface area contributed by atoms with Crippen molar-refractivity contribution in [2.75, 3.05) is 11.9 Å². The fourth-order valence-corrected chi connectivity index (χ4v) is 3.95. The van der Waals surface area contributed by atoms with Crippen LogP contribution in [0.2, 0.25) is 0 Å². The quantitative estimate of drug-likeness (QED) is 0.532. The number of hydrogen-bond acceptors (Lipinski definition) is 5. The molecule has 0 aliphatic rings. The highest BCUT2D eigenvalue weighted by Crippen LogP contribution is 2.23. The van der Waals surface area contributed by atoms with Gasteiger partial charge in [-0.1, -0.05) is 18.9 Å². The first kappa shape index (κ1) is 23.8. The number of ether oxygens (including phenoxy) is 1. The molecule has 3 aromatic rings. The molecule has 0 saturated heterocycles. The lowest BCUT2D eigenvalue weighted by molar-refractivity contribution is -0.118. The number of fused-ring (bicyclic) bond motifs is 1. The second-order valence-electron chi connectivity index (χ2n) is 6.97. The van der Waals surface area contributed by atoms with Crippen LogP contribution >= 0.6 is 0 Å². The molecule has 1 atom stereocenters. The number of halogens is 1. The molecule has 2 N–H and O–H groups in total. The molecule has 0 fully saturated rings. The Bertz CT molecular complexity index is 1340. The molecule has 1 heterocycles. The lowest BCUT2D eigenvalue weighted by atomic mass is 10.2. The zero-order chi connectivity index (χ0) is 24.0. The Morgan fingerprint density at radius 2 is 1.85 bits per heavy atom. The van der Waals surface area contributed by atoms with Crippen LogP contribution in [0.4, 0.5) is 14.9 Å². The van der Waals surface area contributed by atoms with Gasteiger partial charge in [-0.2, -0.15) is 0 Å². The highest BCUT2D eigenvalue weighted by Gasteiger charge is 2.20. The van der Waals surface area contributed by atoms with Gasteiger partial charge < -0.3 is 14.6 Å². The number of carbonyl (C=O) groups excluding carboxylic acids is 2. The minimum absolute atomic E-state index is 0.183. The van der Waals surface area contributed by atoms with Gasteiger partial charge in [0.05, 0.1) is 10.4 Å².